The highest BCUT2D eigenvalue weighted by Crippen LogP contribution is 2.25. The molecule has 1 aliphatic carbocycles. The van der Waals surface area contributed by atoms with Gasteiger partial charge in [-0.05, 0) is 41.1 Å². The van der Waals surface area contributed by atoms with E-state index in [9.17, 15) is 9.90 Å². The fourth-order valence-corrected chi connectivity index (χ4v) is 3.67. The molecule has 1 aliphatic rings. The number of thiophene rings is 1. The summed E-state index contributed by atoms with van der Waals surface area (Å²) in [6, 6.07) is 2.05. The maximum atomic E-state index is 12.1. The number of hydrogen-bond acceptors (Lipinski definition) is 3. The third kappa shape index (κ3) is 4.71. The Hall–Kier alpha value is -1.07. The molecular weight excluding hydrogens is 284 g/mol. The number of urea groups is 1. The van der Waals surface area contributed by atoms with Crippen LogP contribution in [0.5, 0.6) is 0 Å². The van der Waals surface area contributed by atoms with Gasteiger partial charge in [-0.1, -0.05) is 19.8 Å². The van der Waals surface area contributed by atoms with E-state index in [1.165, 1.54) is 5.56 Å². The summed E-state index contributed by atoms with van der Waals surface area (Å²) in [6.45, 7) is 3.40. The number of aliphatic hydroxyl groups is 1. The van der Waals surface area contributed by atoms with E-state index in [2.05, 4.69) is 29.1 Å². The molecule has 2 N–H and O–H groups in total. The number of nitrogens with one attached hydrogen (secondary N) is 1. The predicted molar refractivity (Wildman–Crippen MR) is 86.7 cm³/mol. The number of carbonyl (C=O) groups excluding carboxylic acids is 1. The maximum Gasteiger partial charge on any atom is 0.317 e. The van der Waals surface area contributed by atoms with Crippen molar-refractivity contribution >= 4 is 17.4 Å². The quantitative estimate of drug-likeness (QED) is 0.878. The molecule has 2 rings (SSSR count). The summed E-state index contributed by atoms with van der Waals surface area (Å²) in [6.07, 6.45) is 3.90. The van der Waals surface area contributed by atoms with Gasteiger partial charge in [0.15, 0.2) is 0 Å². The van der Waals surface area contributed by atoms with Gasteiger partial charge >= 0.3 is 6.03 Å². The second kappa shape index (κ2) is 7.80. The lowest BCUT2D eigenvalue weighted by atomic mass is 9.86. The molecule has 5 heteroatoms. The lowest BCUT2D eigenvalue weighted by molar-refractivity contribution is 0.0565. The van der Waals surface area contributed by atoms with E-state index in [0.29, 0.717) is 19.0 Å². The number of nitrogens with zero attached hydrogens (tertiary/aromatic N) is 1. The SMILES string of the molecule is CC(CNC(=O)N(C)CC1CCCCC1O)c1ccsc1. The third-order valence-electron chi connectivity index (χ3n) is 4.40. The van der Waals surface area contributed by atoms with Gasteiger partial charge in [-0.25, -0.2) is 4.79 Å². The Morgan fingerprint density at radius 2 is 2.29 bits per heavy atom. The van der Waals surface area contributed by atoms with Crippen LogP contribution in [-0.2, 0) is 0 Å². The van der Waals surface area contributed by atoms with Crippen LogP contribution in [0, 0.1) is 5.92 Å². The molecule has 0 saturated heterocycles. The van der Waals surface area contributed by atoms with E-state index in [1.54, 1.807) is 16.2 Å². The Kier molecular flexibility index (Phi) is 6.06. The molecule has 1 fully saturated rings. The number of amides is 2. The molecule has 1 aromatic rings. The van der Waals surface area contributed by atoms with Crippen molar-refractivity contribution in [3.05, 3.63) is 22.4 Å². The first-order valence-corrected chi connectivity index (χ1v) is 8.71. The predicted octanol–water partition coefficient (Wildman–Crippen LogP) is 3.04. The largest absolute Gasteiger partial charge is 0.393 e. The average molecular weight is 310 g/mol. The van der Waals surface area contributed by atoms with Crippen LogP contribution >= 0.6 is 11.3 Å². The van der Waals surface area contributed by atoms with Gasteiger partial charge in [0.05, 0.1) is 6.10 Å². The molecule has 2 amide bonds. The van der Waals surface area contributed by atoms with Gasteiger partial charge < -0.3 is 15.3 Å². The topological polar surface area (TPSA) is 52.6 Å². The molecule has 0 aromatic carbocycles. The first-order chi connectivity index (χ1) is 10.1. The van der Waals surface area contributed by atoms with E-state index in [0.717, 1.165) is 25.7 Å². The van der Waals surface area contributed by atoms with E-state index in [4.69, 9.17) is 0 Å². The molecule has 1 aromatic heterocycles. The van der Waals surface area contributed by atoms with E-state index in [-0.39, 0.29) is 18.1 Å². The summed E-state index contributed by atoms with van der Waals surface area (Å²) in [5, 5.41) is 17.2. The van der Waals surface area contributed by atoms with Gasteiger partial charge in [0.2, 0.25) is 0 Å². The summed E-state index contributed by atoms with van der Waals surface area (Å²) in [4.78, 5) is 13.8. The molecule has 4 nitrogen and oxygen atoms in total. The van der Waals surface area contributed by atoms with Crippen molar-refractivity contribution in [2.45, 2.75) is 44.6 Å². The minimum Gasteiger partial charge on any atom is -0.393 e. The highest BCUT2D eigenvalue weighted by molar-refractivity contribution is 7.07. The van der Waals surface area contributed by atoms with Gasteiger partial charge in [-0.2, -0.15) is 11.3 Å². The molecule has 1 saturated carbocycles. The van der Waals surface area contributed by atoms with Crippen molar-refractivity contribution in [3.63, 3.8) is 0 Å². The minimum atomic E-state index is -0.251. The van der Waals surface area contributed by atoms with Crippen LogP contribution in [0.1, 0.15) is 44.1 Å². The smallest absolute Gasteiger partial charge is 0.317 e. The zero-order chi connectivity index (χ0) is 15.2. The minimum absolute atomic E-state index is 0.0464. The third-order valence-corrected chi connectivity index (χ3v) is 5.10. The van der Waals surface area contributed by atoms with Gasteiger partial charge in [0.1, 0.15) is 0 Å². The Labute approximate surface area is 131 Å². The summed E-state index contributed by atoms with van der Waals surface area (Å²) in [5.74, 6) is 0.553. The highest BCUT2D eigenvalue weighted by Gasteiger charge is 2.25. The molecule has 0 spiro atoms. The molecule has 0 radical (unpaired) electrons. The van der Waals surface area contributed by atoms with Crippen LogP contribution in [0.2, 0.25) is 0 Å². The van der Waals surface area contributed by atoms with Gasteiger partial charge in [0, 0.05) is 26.1 Å². The Morgan fingerprint density at radius 1 is 1.52 bits per heavy atom. The second-order valence-corrected chi connectivity index (χ2v) is 6.92. The molecule has 3 unspecified atom stereocenters. The van der Waals surface area contributed by atoms with Crippen molar-refractivity contribution < 1.29 is 9.90 Å². The summed E-state index contributed by atoms with van der Waals surface area (Å²) in [5.41, 5.74) is 1.27. The molecule has 21 heavy (non-hydrogen) atoms. The number of hydrogen-bond donors (Lipinski definition) is 2. The number of aliphatic hydroxyl groups excluding tert-OH is 1. The van der Waals surface area contributed by atoms with E-state index < -0.39 is 0 Å². The summed E-state index contributed by atoms with van der Waals surface area (Å²) >= 11 is 1.68. The second-order valence-electron chi connectivity index (χ2n) is 6.14. The molecule has 0 aliphatic heterocycles. The zero-order valence-electron chi connectivity index (χ0n) is 12.9. The Balaban J connectivity index is 1.74. The van der Waals surface area contributed by atoms with Gasteiger partial charge in [-0.3, -0.25) is 0 Å². The van der Waals surface area contributed by atoms with Crippen LogP contribution in [0.3, 0.4) is 0 Å². The van der Waals surface area contributed by atoms with Crippen LogP contribution < -0.4 is 5.32 Å². The fourth-order valence-electron chi connectivity index (χ4n) is 2.88. The van der Waals surface area contributed by atoms with E-state index in [1.807, 2.05) is 7.05 Å². The van der Waals surface area contributed by atoms with Crippen LogP contribution in [0.25, 0.3) is 0 Å². The van der Waals surface area contributed by atoms with Crippen molar-refractivity contribution in [2.24, 2.45) is 5.92 Å². The highest BCUT2D eigenvalue weighted by atomic mass is 32.1. The molecule has 0 bridgehead atoms. The molecule has 118 valence electrons. The maximum absolute atomic E-state index is 12.1. The zero-order valence-corrected chi connectivity index (χ0v) is 13.7. The molecule has 3 atom stereocenters. The average Bonchev–Trinajstić information content (AvgIpc) is 3.01. The van der Waals surface area contributed by atoms with E-state index >= 15 is 0 Å². The lowest BCUT2D eigenvalue weighted by Gasteiger charge is -2.31. The van der Waals surface area contributed by atoms with Crippen molar-refractivity contribution in [3.8, 4) is 0 Å². The van der Waals surface area contributed by atoms with Crippen molar-refractivity contribution in [1.82, 2.24) is 10.2 Å². The van der Waals surface area contributed by atoms with Crippen LogP contribution in [0.15, 0.2) is 16.8 Å². The van der Waals surface area contributed by atoms with Crippen molar-refractivity contribution in [2.75, 3.05) is 20.1 Å². The van der Waals surface area contributed by atoms with Crippen molar-refractivity contribution in [1.29, 1.82) is 0 Å². The summed E-state index contributed by atoms with van der Waals surface area (Å²) < 4.78 is 0. The van der Waals surface area contributed by atoms with Gasteiger partial charge in [-0.15, -0.1) is 0 Å². The Morgan fingerprint density at radius 3 is 2.95 bits per heavy atom. The number of rotatable bonds is 5. The molecule has 1 heterocycles. The van der Waals surface area contributed by atoms with Crippen LogP contribution in [0.4, 0.5) is 4.79 Å². The fraction of sp³-hybridized carbons (Fsp3) is 0.688. The first-order valence-electron chi connectivity index (χ1n) is 7.77. The lowest BCUT2D eigenvalue weighted by Crippen LogP contribution is -2.43. The number of carbonyl (C=O) groups is 1. The molecular formula is C16H26N2O2S. The normalized spacial score (nSPS) is 23.6. The van der Waals surface area contributed by atoms with Gasteiger partial charge in [0.25, 0.3) is 0 Å². The summed E-state index contributed by atoms with van der Waals surface area (Å²) in [7, 11) is 1.81. The monoisotopic (exact) mass is 310 g/mol. The first kappa shape index (κ1) is 16.3. The standard InChI is InChI=1S/C16H26N2O2S/c1-12(14-7-8-21-11-14)9-17-16(20)18(2)10-13-5-3-4-6-15(13)19/h7-8,11-13,15,19H,3-6,9-10H2,1-2H3,(H,17,20). The van der Waals surface area contributed by atoms with Crippen LogP contribution in [-0.4, -0.2) is 42.3 Å². The Bertz CT molecular complexity index is 435.